The highest BCUT2D eigenvalue weighted by Crippen LogP contribution is 2.31. The number of hydrogen-bond donors (Lipinski definition) is 0. The third kappa shape index (κ3) is 3.76. The van der Waals surface area contributed by atoms with E-state index in [2.05, 4.69) is 4.98 Å². The number of ether oxygens (including phenoxy) is 1. The van der Waals surface area contributed by atoms with Gasteiger partial charge in [-0.05, 0) is 30.7 Å². The molecular formula is C17H14F3N3O3. The fourth-order valence-electron chi connectivity index (χ4n) is 2.60. The summed E-state index contributed by atoms with van der Waals surface area (Å²) in [7, 11) is 0. The van der Waals surface area contributed by atoms with Crippen LogP contribution in [0, 0.1) is 10.1 Å². The SMILES string of the molecule is O=[N+]([O-])c1ccc(OCCCn2c(C(F)(F)F)nc3ccccc32)cc1. The summed E-state index contributed by atoms with van der Waals surface area (Å²) in [5.74, 6) is -0.517. The second-order valence-electron chi connectivity index (χ2n) is 5.53. The summed E-state index contributed by atoms with van der Waals surface area (Å²) in [6.07, 6.45) is -4.22. The number of alkyl halides is 3. The van der Waals surface area contributed by atoms with Gasteiger partial charge in [-0.25, -0.2) is 4.98 Å². The number of aryl methyl sites for hydroxylation is 1. The third-order valence-electron chi connectivity index (χ3n) is 3.75. The molecule has 0 N–H and O–H groups in total. The maximum absolute atomic E-state index is 13.2. The Labute approximate surface area is 146 Å². The maximum atomic E-state index is 13.2. The molecule has 0 aliphatic rings. The number of nitrogens with zero attached hydrogens (tertiary/aromatic N) is 3. The highest BCUT2D eigenvalue weighted by atomic mass is 19.4. The van der Waals surface area contributed by atoms with E-state index >= 15 is 0 Å². The predicted molar refractivity (Wildman–Crippen MR) is 87.9 cm³/mol. The number of halogens is 3. The van der Waals surface area contributed by atoms with Gasteiger partial charge >= 0.3 is 6.18 Å². The van der Waals surface area contributed by atoms with Crippen molar-refractivity contribution in [3.8, 4) is 5.75 Å². The summed E-state index contributed by atoms with van der Waals surface area (Å²) in [4.78, 5) is 13.7. The Kier molecular flexibility index (Phi) is 4.79. The van der Waals surface area contributed by atoms with Gasteiger partial charge in [0.15, 0.2) is 0 Å². The molecule has 0 aliphatic heterocycles. The van der Waals surface area contributed by atoms with Crippen LogP contribution in [-0.4, -0.2) is 21.1 Å². The fourth-order valence-corrected chi connectivity index (χ4v) is 2.60. The van der Waals surface area contributed by atoms with Crippen molar-refractivity contribution in [3.63, 3.8) is 0 Å². The van der Waals surface area contributed by atoms with E-state index in [1.54, 1.807) is 18.2 Å². The lowest BCUT2D eigenvalue weighted by molar-refractivity contribution is -0.384. The van der Waals surface area contributed by atoms with Crippen molar-refractivity contribution in [2.75, 3.05) is 6.61 Å². The molecule has 26 heavy (non-hydrogen) atoms. The molecule has 3 aromatic rings. The quantitative estimate of drug-likeness (QED) is 0.368. The molecule has 0 spiro atoms. The second-order valence-corrected chi connectivity index (χ2v) is 5.53. The average molecular weight is 365 g/mol. The fraction of sp³-hybridized carbons (Fsp3) is 0.235. The maximum Gasteiger partial charge on any atom is 0.449 e. The molecule has 3 rings (SSSR count). The number of hydrogen-bond acceptors (Lipinski definition) is 4. The molecule has 0 fully saturated rings. The van der Waals surface area contributed by atoms with E-state index in [1.165, 1.54) is 30.3 Å². The Bertz CT molecular complexity index is 920. The van der Waals surface area contributed by atoms with Gasteiger partial charge in [-0.3, -0.25) is 10.1 Å². The molecule has 0 atom stereocenters. The standard InChI is InChI=1S/C17H14F3N3O3/c18-17(19,20)16-21-14-4-1-2-5-15(14)22(16)10-3-11-26-13-8-6-12(7-9-13)23(24)25/h1-2,4-9H,3,10-11H2. The first-order chi connectivity index (χ1) is 12.4. The van der Waals surface area contributed by atoms with Crippen molar-refractivity contribution in [1.29, 1.82) is 0 Å². The highest BCUT2D eigenvalue weighted by Gasteiger charge is 2.37. The van der Waals surface area contributed by atoms with Gasteiger partial charge in [0.25, 0.3) is 5.69 Å². The molecule has 0 bridgehead atoms. The van der Waals surface area contributed by atoms with E-state index < -0.39 is 16.9 Å². The Balaban J connectivity index is 1.67. The number of rotatable bonds is 6. The molecule has 0 saturated heterocycles. The van der Waals surface area contributed by atoms with Crippen molar-refractivity contribution in [2.45, 2.75) is 19.1 Å². The molecule has 0 unspecified atom stereocenters. The molecule has 0 radical (unpaired) electrons. The van der Waals surface area contributed by atoms with Crippen LogP contribution in [0.1, 0.15) is 12.2 Å². The third-order valence-corrected chi connectivity index (χ3v) is 3.75. The van der Waals surface area contributed by atoms with Crippen LogP contribution in [0.4, 0.5) is 18.9 Å². The van der Waals surface area contributed by atoms with Gasteiger partial charge in [0.05, 0.1) is 22.6 Å². The van der Waals surface area contributed by atoms with Gasteiger partial charge in [0, 0.05) is 18.7 Å². The number of benzene rings is 2. The first kappa shape index (κ1) is 17.7. The lowest BCUT2D eigenvalue weighted by Crippen LogP contribution is -2.16. The van der Waals surface area contributed by atoms with Gasteiger partial charge in [-0.15, -0.1) is 0 Å². The number of imidazole rings is 1. The van der Waals surface area contributed by atoms with Crippen LogP contribution in [0.2, 0.25) is 0 Å². The molecular weight excluding hydrogens is 351 g/mol. The average Bonchev–Trinajstić information content (AvgIpc) is 2.98. The summed E-state index contributed by atoms with van der Waals surface area (Å²) in [6, 6.07) is 11.9. The first-order valence-electron chi connectivity index (χ1n) is 7.76. The smallest absolute Gasteiger partial charge is 0.449 e. The summed E-state index contributed by atoms with van der Waals surface area (Å²) < 4.78 is 46.2. The molecule has 0 saturated carbocycles. The summed E-state index contributed by atoms with van der Waals surface area (Å²) in [6.45, 7) is 0.254. The number of nitro benzene ring substituents is 1. The summed E-state index contributed by atoms with van der Waals surface area (Å²) in [5.41, 5.74) is 0.642. The lowest BCUT2D eigenvalue weighted by atomic mass is 10.3. The molecule has 1 aromatic heterocycles. The number of aromatic nitrogens is 2. The van der Waals surface area contributed by atoms with E-state index in [4.69, 9.17) is 4.74 Å². The number of para-hydroxylation sites is 2. The minimum absolute atomic E-state index is 0.0583. The molecule has 0 aliphatic carbocycles. The van der Waals surface area contributed by atoms with Crippen LogP contribution >= 0.6 is 0 Å². The van der Waals surface area contributed by atoms with Gasteiger partial charge in [-0.1, -0.05) is 12.1 Å². The van der Waals surface area contributed by atoms with E-state index in [-0.39, 0.29) is 24.4 Å². The zero-order chi connectivity index (χ0) is 18.7. The van der Waals surface area contributed by atoms with Crippen LogP contribution in [-0.2, 0) is 12.7 Å². The summed E-state index contributed by atoms with van der Waals surface area (Å²) in [5, 5.41) is 10.6. The Morgan fingerprint density at radius 1 is 1.12 bits per heavy atom. The van der Waals surface area contributed by atoms with E-state index in [0.29, 0.717) is 17.7 Å². The van der Waals surface area contributed by atoms with Crippen molar-refractivity contribution in [2.24, 2.45) is 0 Å². The van der Waals surface area contributed by atoms with Crippen molar-refractivity contribution < 1.29 is 22.8 Å². The van der Waals surface area contributed by atoms with Crippen LogP contribution in [0.15, 0.2) is 48.5 Å². The van der Waals surface area contributed by atoms with Crippen LogP contribution in [0.5, 0.6) is 5.75 Å². The van der Waals surface area contributed by atoms with Crippen molar-refractivity contribution in [1.82, 2.24) is 9.55 Å². The second kappa shape index (κ2) is 7.03. The van der Waals surface area contributed by atoms with E-state index in [9.17, 15) is 23.3 Å². The molecule has 0 amide bonds. The van der Waals surface area contributed by atoms with Crippen molar-refractivity contribution >= 4 is 16.7 Å². The zero-order valence-electron chi connectivity index (χ0n) is 13.4. The molecule has 6 nitrogen and oxygen atoms in total. The minimum atomic E-state index is -4.54. The van der Waals surface area contributed by atoms with Crippen LogP contribution in [0.25, 0.3) is 11.0 Å². The normalized spacial score (nSPS) is 11.7. The number of nitro groups is 1. The Morgan fingerprint density at radius 3 is 2.46 bits per heavy atom. The van der Waals surface area contributed by atoms with E-state index in [1.807, 2.05) is 0 Å². The lowest BCUT2D eigenvalue weighted by Gasteiger charge is -2.12. The molecule has 1 heterocycles. The Morgan fingerprint density at radius 2 is 1.81 bits per heavy atom. The topological polar surface area (TPSA) is 70.2 Å². The predicted octanol–water partition coefficient (Wildman–Crippen LogP) is 4.43. The van der Waals surface area contributed by atoms with Gasteiger partial charge in [0.1, 0.15) is 5.75 Å². The van der Waals surface area contributed by atoms with Crippen molar-refractivity contribution in [3.05, 3.63) is 64.5 Å². The van der Waals surface area contributed by atoms with Gasteiger partial charge in [0.2, 0.25) is 5.82 Å². The minimum Gasteiger partial charge on any atom is -0.494 e. The summed E-state index contributed by atoms with van der Waals surface area (Å²) >= 11 is 0. The van der Waals surface area contributed by atoms with Gasteiger partial charge < -0.3 is 9.30 Å². The molecule has 9 heteroatoms. The van der Waals surface area contributed by atoms with Crippen LogP contribution < -0.4 is 4.74 Å². The largest absolute Gasteiger partial charge is 0.494 e. The first-order valence-corrected chi connectivity index (χ1v) is 7.76. The molecule has 136 valence electrons. The zero-order valence-corrected chi connectivity index (χ0v) is 13.4. The number of non-ortho nitro benzene ring substituents is 1. The molecule has 2 aromatic carbocycles. The van der Waals surface area contributed by atoms with Gasteiger partial charge in [-0.2, -0.15) is 13.2 Å². The Hall–Kier alpha value is -3.10. The highest BCUT2D eigenvalue weighted by molar-refractivity contribution is 5.76. The number of fused-ring (bicyclic) bond motifs is 1. The van der Waals surface area contributed by atoms with Crippen LogP contribution in [0.3, 0.4) is 0 Å². The van der Waals surface area contributed by atoms with E-state index in [0.717, 1.165) is 4.57 Å². The monoisotopic (exact) mass is 365 g/mol.